The molecule has 7 heteroatoms. The van der Waals surface area contributed by atoms with Crippen LogP contribution in [0, 0.1) is 12.8 Å². The molecule has 0 aromatic heterocycles. The Morgan fingerprint density at radius 3 is 2.18 bits per heavy atom. The van der Waals surface area contributed by atoms with Gasteiger partial charge in [-0.3, -0.25) is 14.4 Å². The summed E-state index contributed by atoms with van der Waals surface area (Å²) in [5.74, 6) is 0.461. The van der Waals surface area contributed by atoms with Crippen LogP contribution in [0.3, 0.4) is 0 Å². The van der Waals surface area contributed by atoms with Crippen LogP contribution in [0.4, 0.5) is 0 Å². The summed E-state index contributed by atoms with van der Waals surface area (Å²) in [6.45, 7) is 4.49. The SMILES string of the molecule is COc1ccc(C(=O)N2CCC([C@H](NC(=O)c3ccccc3C)C(=O)N3CCCC3)CC2)cc1. The van der Waals surface area contributed by atoms with Gasteiger partial charge in [0, 0.05) is 37.3 Å². The summed E-state index contributed by atoms with van der Waals surface area (Å²) < 4.78 is 5.18. The van der Waals surface area contributed by atoms with Crippen molar-refractivity contribution in [3.63, 3.8) is 0 Å². The molecule has 0 bridgehead atoms. The average Bonchev–Trinajstić information content (AvgIpc) is 3.42. The number of benzene rings is 2. The number of aryl methyl sites for hydroxylation is 1. The topological polar surface area (TPSA) is 79.0 Å². The number of hydrogen-bond acceptors (Lipinski definition) is 4. The minimum Gasteiger partial charge on any atom is -0.497 e. The Hall–Kier alpha value is -3.35. The van der Waals surface area contributed by atoms with Crippen molar-refractivity contribution in [2.75, 3.05) is 33.3 Å². The van der Waals surface area contributed by atoms with Gasteiger partial charge < -0.3 is 19.9 Å². The fraction of sp³-hybridized carbons (Fsp3) is 0.444. The van der Waals surface area contributed by atoms with E-state index in [1.807, 2.05) is 34.9 Å². The number of carbonyl (C=O) groups excluding carboxylic acids is 3. The second kappa shape index (κ2) is 10.7. The highest BCUT2D eigenvalue weighted by Crippen LogP contribution is 2.25. The molecule has 0 spiro atoms. The summed E-state index contributed by atoms with van der Waals surface area (Å²) in [5.41, 5.74) is 2.10. The van der Waals surface area contributed by atoms with E-state index in [2.05, 4.69) is 5.32 Å². The molecule has 1 atom stereocenters. The summed E-state index contributed by atoms with van der Waals surface area (Å²) in [6.07, 6.45) is 3.33. The summed E-state index contributed by atoms with van der Waals surface area (Å²) in [4.78, 5) is 43.2. The summed E-state index contributed by atoms with van der Waals surface area (Å²) >= 11 is 0. The van der Waals surface area contributed by atoms with E-state index in [0.29, 0.717) is 42.8 Å². The summed E-state index contributed by atoms with van der Waals surface area (Å²) in [7, 11) is 1.60. The Bertz CT molecular complexity index is 1020. The molecule has 2 aromatic rings. The van der Waals surface area contributed by atoms with Crippen LogP contribution in [-0.2, 0) is 4.79 Å². The normalized spacial score (nSPS) is 17.4. The number of carbonyl (C=O) groups is 3. The molecule has 0 saturated carbocycles. The van der Waals surface area contributed by atoms with Crippen molar-refractivity contribution in [1.29, 1.82) is 0 Å². The van der Waals surface area contributed by atoms with Crippen molar-refractivity contribution in [3.8, 4) is 5.75 Å². The summed E-state index contributed by atoms with van der Waals surface area (Å²) in [6, 6.07) is 14.0. The van der Waals surface area contributed by atoms with E-state index in [1.54, 1.807) is 37.4 Å². The fourth-order valence-corrected chi connectivity index (χ4v) is 4.91. The number of nitrogens with one attached hydrogen (secondary N) is 1. The standard InChI is InChI=1S/C27H33N3O4/c1-19-7-3-4-8-23(19)25(31)28-24(27(33)29-15-5-6-16-29)20-13-17-30(18-14-20)26(32)21-9-11-22(34-2)12-10-21/h3-4,7-12,20,24H,5-6,13-18H2,1-2H3,(H,28,31)/t24-/m0/s1. The Morgan fingerprint density at radius 2 is 1.56 bits per heavy atom. The number of methoxy groups -OCH3 is 1. The monoisotopic (exact) mass is 463 g/mol. The lowest BCUT2D eigenvalue weighted by Crippen LogP contribution is -2.54. The van der Waals surface area contributed by atoms with Gasteiger partial charge in [0.1, 0.15) is 11.8 Å². The van der Waals surface area contributed by atoms with Crippen molar-refractivity contribution < 1.29 is 19.1 Å². The Balaban J connectivity index is 1.45. The molecule has 7 nitrogen and oxygen atoms in total. The van der Waals surface area contributed by atoms with Gasteiger partial charge in [-0.15, -0.1) is 0 Å². The van der Waals surface area contributed by atoms with Crippen molar-refractivity contribution >= 4 is 17.7 Å². The number of rotatable bonds is 6. The smallest absolute Gasteiger partial charge is 0.253 e. The molecule has 0 aliphatic carbocycles. The molecule has 4 rings (SSSR count). The third kappa shape index (κ3) is 5.24. The molecule has 2 aromatic carbocycles. The van der Waals surface area contributed by atoms with E-state index in [9.17, 15) is 14.4 Å². The fourth-order valence-electron chi connectivity index (χ4n) is 4.91. The highest BCUT2D eigenvalue weighted by Gasteiger charge is 2.37. The number of nitrogens with zero attached hydrogens (tertiary/aromatic N) is 2. The number of likely N-dealkylation sites (tertiary alicyclic amines) is 2. The van der Waals surface area contributed by atoms with Gasteiger partial charge in [-0.2, -0.15) is 0 Å². The first-order valence-corrected chi connectivity index (χ1v) is 12.1. The van der Waals surface area contributed by atoms with E-state index in [4.69, 9.17) is 4.74 Å². The number of ether oxygens (including phenoxy) is 1. The van der Waals surface area contributed by atoms with Crippen LogP contribution in [0.1, 0.15) is 52.0 Å². The Morgan fingerprint density at radius 1 is 0.912 bits per heavy atom. The van der Waals surface area contributed by atoms with Gasteiger partial charge >= 0.3 is 0 Å². The quantitative estimate of drug-likeness (QED) is 0.713. The predicted molar refractivity (Wildman–Crippen MR) is 130 cm³/mol. The third-order valence-electron chi connectivity index (χ3n) is 7.00. The molecular weight excluding hydrogens is 430 g/mol. The molecule has 2 fully saturated rings. The first-order valence-electron chi connectivity index (χ1n) is 12.1. The minimum atomic E-state index is -0.580. The van der Waals surface area contributed by atoms with Gasteiger partial charge in [-0.05, 0) is 74.4 Å². The second-order valence-electron chi connectivity index (χ2n) is 9.16. The van der Waals surface area contributed by atoms with Crippen LogP contribution in [0.5, 0.6) is 5.75 Å². The van der Waals surface area contributed by atoms with Crippen LogP contribution in [0.2, 0.25) is 0 Å². The molecule has 180 valence electrons. The Labute approximate surface area is 201 Å². The van der Waals surface area contributed by atoms with Crippen LogP contribution < -0.4 is 10.1 Å². The van der Waals surface area contributed by atoms with Gasteiger partial charge in [0.2, 0.25) is 5.91 Å². The van der Waals surface area contributed by atoms with Crippen LogP contribution in [-0.4, -0.2) is 66.9 Å². The first kappa shape index (κ1) is 23.8. The van der Waals surface area contributed by atoms with Crippen molar-refractivity contribution in [2.24, 2.45) is 5.92 Å². The highest BCUT2D eigenvalue weighted by molar-refractivity contribution is 5.99. The van der Waals surface area contributed by atoms with Gasteiger partial charge in [0.05, 0.1) is 7.11 Å². The third-order valence-corrected chi connectivity index (χ3v) is 7.00. The molecule has 0 unspecified atom stereocenters. The van der Waals surface area contributed by atoms with E-state index in [1.165, 1.54) is 0 Å². The van der Waals surface area contributed by atoms with E-state index in [0.717, 1.165) is 31.5 Å². The molecule has 2 saturated heterocycles. The van der Waals surface area contributed by atoms with Gasteiger partial charge in [0.15, 0.2) is 0 Å². The lowest BCUT2D eigenvalue weighted by Gasteiger charge is -2.37. The summed E-state index contributed by atoms with van der Waals surface area (Å²) in [5, 5.41) is 3.06. The largest absolute Gasteiger partial charge is 0.497 e. The lowest BCUT2D eigenvalue weighted by atomic mass is 9.87. The molecule has 3 amide bonds. The van der Waals surface area contributed by atoms with Crippen molar-refractivity contribution in [3.05, 3.63) is 65.2 Å². The molecule has 2 aliphatic rings. The molecule has 1 N–H and O–H groups in total. The molecular formula is C27H33N3O4. The predicted octanol–water partition coefficient (Wildman–Crippen LogP) is 3.28. The van der Waals surface area contributed by atoms with Crippen molar-refractivity contribution in [2.45, 2.75) is 38.6 Å². The Kier molecular flexibility index (Phi) is 7.50. The van der Waals surface area contributed by atoms with Crippen LogP contribution in [0.25, 0.3) is 0 Å². The molecule has 2 aliphatic heterocycles. The maximum absolute atomic E-state index is 13.4. The minimum absolute atomic E-state index is 0.000588. The zero-order valence-corrected chi connectivity index (χ0v) is 20.0. The first-order chi connectivity index (χ1) is 16.5. The zero-order valence-electron chi connectivity index (χ0n) is 20.0. The van der Waals surface area contributed by atoms with E-state index < -0.39 is 6.04 Å². The van der Waals surface area contributed by atoms with Gasteiger partial charge in [-0.1, -0.05) is 18.2 Å². The average molecular weight is 464 g/mol. The number of amides is 3. The van der Waals surface area contributed by atoms with Crippen LogP contribution >= 0.6 is 0 Å². The van der Waals surface area contributed by atoms with Gasteiger partial charge in [0.25, 0.3) is 11.8 Å². The molecule has 34 heavy (non-hydrogen) atoms. The number of hydrogen-bond donors (Lipinski definition) is 1. The van der Waals surface area contributed by atoms with E-state index in [-0.39, 0.29) is 23.6 Å². The second-order valence-corrected chi connectivity index (χ2v) is 9.16. The lowest BCUT2D eigenvalue weighted by molar-refractivity contribution is -0.134. The molecule has 2 heterocycles. The maximum Gasteiger partial charge on any atom is 0.253 e. The highest BCUT2D eigenvalue weighted by atomic mass is 16.5. The molecule has 0 radical (unpaired) electrons. The number of piperidine rings is 1. The maximum atomic E-state index is 13.4. The van der Waals surface area contributed by atoms with E-state index >= 15 is 0 Å². The van der Waals surface area contributed by atoms with Crippen molar-refractivity contribution in [1.82, 2.24) is 15.1 Å². The van der Waals surface area contributed by atoms with Gasteiger partial charge in [-0.25, -0.2) is 0 Å². The van der Waals surface area contributed by atoms with Crippen LogP contribution in [0.15, 0.2) is 48.5 Å². The zero-order chi connectivity index (χ0) is 24.1.